The standard InChI is InChI=1S/C23H25N3O4/c1-3-4-19-18(12-25-23(28)29)22(15-7-5-14(2)6-8-15)17-11-16(30-13-21(24)27)9-10-20(17)26-19/h5-11,25H,3-4,12-13H2,1-2H3,(H2,24,27)(H,28,29). The minimum Gasteiger partial charge on any atom is -0.484 e. The van der Waals surface area contributed by atoms with Crippen LogP contribution in [0.25, 0.3) is 22.0 Å². The van der Waals surface area contributed by atoms with Gasteiger partial charge in [-0.25, -0.2) is 4.79 Å². The third-order valence-electron chi connectivity index (χ3n) is 4.77. The third kappa shape index (κ3) is 4.86. The van der Waals surface area contributed by atoms with Gasteiger partial charge in [-0.15, -0.1) is 0 Å². The summed E-state index contributed by atoms with van der Waals surface area (Å²) in [6.45, 7) is 4.00. The maximum atomic E-state index is 11.2. The van der Waals surface area contributed by atoms with Crippen LogP contribution in [-0.2, 0) is 17.8 Å². The van der Waals surface area contributed by atoms with E-state index in [4.69, 9.17) is 15.5 Å². The number of carbonyl (C=O) groups excluding carboxylic acids is 1. The van der Waals surface area contributed by atoms with Crippen molar-refractivity contribution in [2.75, 3.05) is 6.61 Å². The fraction of sp³-hybridized carbons (Fsp3) is 0.261. The van der Waals surface area contributed by atoms with Crippen LogP contribution in [0.15, 0.2) is 42.5 Å². The molecule has 156 valence electrons. The zero-order valence-electron chi connectivity index (χ0n) is 17.1. The van der Waals surface area contributed by atoms with Crippen LogP contribution in [0.5, 0.6) is 5.75 Å². The van der Waals surface area contributed by atoms with Gasteiger partial charge < -0.3 is 20.9 Å². The predicted molar refractivity (Wildman–Crippen MR) is 115 cm³/mol. The van der Waals surface area contributed by atoms with Crippen molar-refractivity contribution in [3.8, 4) is 16.9 Å². The molecule has 2 aromatic carbocycles. The van der Waals surface area contributed by atoms with Crippen LogP contribution in [0, 0.1) is 6.92 Å². The summed E-state index contributed by atoms with van der Waals surface area (Å²) in [7, 11) is 0. The van der Waals surface area contributed by atoms with Crippen molar-refractivity contribution >= 4 is 22.9 Å². The maximum absolute atomic E-state index is 11.2. The molecule has 0 aliphatic heterocycles. The van der Waals surface area contributed by atoms with E-state index in [0.29, 0.717) is 5.75 Å². The zero-order chi connectivity index (χ0) is 21.7. The van der Waals surface area contributed by atoms with Gasteiger partial charge in [0.1, 0.15) is 5.75 Å². The minimum atomic E-state index is -1.09. The highest BCUT2D eigenvalue weighted by molar-refractivity contribution is 5.97. The molecule has 0 fully saturated rings. The summed E-state index contributed by atoms with van der Waals surface area (Å²) in [4.78, 5) is 27.1. The highest BCUT2D eigenvalue weighted by atomic mass is 16.5. The number of primary amides is 1. The van der Waals surface area contributed by atoms with Crippen LogP contribution in [0.3, 0.4) is 0 Å². The number of carbonyl (C=O) groups is 2. The molecular weight excluding hydrogens is 382 g/mol. The summed E-state index contributed by atoms with van der Waals surface area (Å²) in [5, 5.41) is 12.5. The van der Waals surface area contributed by atoms with E-state index < -0.39 is 12.0 Å². The van der Waals surface area contributed by atoms with Gasteiger partial charge in [-0.3, -0.25) is 9.78 Å². The zero-order valence-corrected chi connectivity index (χ0v) is 17.1. The van der Waals surface area contributed by atoms with E-state index in [2.05, 4.69) is 12.2 Å². The number of fused-ring (bicyclic) bond motifs is 1. The van der Waals surface area contributed by atoms with Crippen molar-refractivity contribution in [3.63, 3.8) is 0 Å². The average molecular weight is 407 g/mol. The van der Waals surface area contributed by atoms with Gasteiger partial charge >= 0.3 is 6.09 Å². The van der Waals surface area contributed by atoms with Crippen molar-refractivity contribution < 1.29 is 19.4 Å². The molecule has 1 heterocycles. The summed E-state index contributed by atoms with van der Waals surface area (Å²) in [5.74, 6) is -0.0616. The Hall–Kier alpha value is -3.61. The Kier molecular flexibility index (Phi) is 6.51. The number of hydrogen-bond acceptors (Lipinski definition) is 4. The molecule has 0 radical (unpaired) electrons. The molecule has 7 heteroatoms. The van der Waals surface area contributed by atoms with Gasteiger partial charge in [-0.1, -0.05) is 43.2 Å². The van der Waals surface area contributed by atoms with E-state index >= 15 is 0 Å². The SMILES string of the molecule is CCCc1nc2ccc(OCC(N)=O)cc2c(-c2ccc(C)cc2)c1CNC(=O)O. The van der Waals surface area contributed by atoms with E-state index in [1.165, 1.54) is 0 Å². The maximum Gasteiger partial charge on any atom is 0.404 e. The van der Waals surface area contributed by atoms with Gasteiger partial charge in [0.2, 0.25) is 0 Å². The molecular formula is C23H25N3O4. The van der Waals surface area contributed by atoms with Gasteiger partial charge in [-0.05, 0) is 42.7 Å². The first kappa shape index (κ1) is 21.1. The molecule has 0 spiro atoms. The lowest BCUT2D eigenvalue weighted by Crippen LogP contribution is -2.22. The second-order valence-corrected chi connectivity index (χ2v) is 7.12. The number of aromatic nitrogens is 1. The topological polar surface area (TPSA) is 115 Å². The first-order valence-corrected chi connectivity index (χ1v) is 9.79. The second kappa shape index (κ2) is 9.26. The number of ether oxygens (including phenoxy) is 1. The normalized spacial score (nSPS) is 10.7. The van der Waals surface area contributed by atoms with Gasteiger partial charge in [0.05, 0.1) is 5.52 Å². The lowest BCUT2D eigenvalue weighted by Gasteiger charge is -2.18. The summed E-state index contributed by atoms with van der Waals surface area (Å²) >= 11 is 0. The summed E-state index contributed by atoms with van der Waals surface area (Å²) in [5.41, 5.74) is 10.7. The fourth-order valence-corrected chi connectivity index (χ4v) is 3.42. The molecule has 3 aromatic rings. The predicted octanol–water partition coefficient (Wildman–Crippen LogP) is 3.79. The molecule has 7 nitrogen and oxygen atoms in total. The van der Waals surface area contributed by atoms with Crippen LogP contribution in [-0.4, -0.2) is 28.7 Å². The van der Waals surface area contributed by atoms with Crippen LogP contribution in [0.2, 0.25) is 0 Å². The lowest BCUT2D eigenvalue weighted by molar-refractivity contribution is -0.119. The van der Waals surface area contributed by atoms with Gasteiger partial charge in [0.15, 0.2) is 6.61 Å². The highest BCUT2D eigenvalue weighted by Crippen LogP contribution is 2.35. The highest BCUT2D eigenvalue weighted by Gasteiger charge is 2.18. The van der Waals surface area contributed by atoms with Gasteiger partial charge in [-0.2, -0.15) is 0 Å². The molecule has 1 aromatic heterocycles. The van der Waals surface area contributed by atoms with Gasteiger partial charge in [0, 0.05) is 23.2 Å². The van der Waals surface area contributed by atoms with Crippen molar-refractivity contribution in [2.24, 2.45) is 5.73 Å². The van der Waals surface area contributed by atoms with Crippen molar-refractivity contribution in [3.05, 3.63) is 59.3 Å². The Morgan fingerprint density at radius 1 is 1.17 bits per heavy atom. The fourth-order valence-electron chi connectivity index (χ4n) is 3.42. The number of nitrogens with one attached hydrogen (secondary N) is 1. The van der Waals surface area contributed by atoms with Gasteiger partial charge in [0.25, 0.3) is 5.91 Å². The number of benzene rings is 2. The largest absolute Gasteiger partial charge is 0.484 e. The molecule has 0 aliphatic rings. The molecule has 0 atom stereocenters. The number of nitrogens with two attached hydrogens (primary N) is 1. The first-order chi connectivity index (χ1) is 14.4. The Balaban J connectivity index is 2.26. The Bertz CT molecular complexity index is 1080. The Labute approximate surface area is 174 Å². The van der Waals surface area contributed by atoms with Crippen LogP contribution < -0.4 is 15.8 Å². The molecule has 0 unspecified atom stereocenters. The number of pyridine rings is 1. The Morgan fingerprint density at radius 2 is 1.90 bits per heavy atom. The number of hydrogen-bond donors (Lipinski definition) is 3. The third-order valence-corrected chi connectivity index (χ3v) is 4.77. The van der Waals surface area contributed by atoms with Crippen molar-refractivity contribution in [1.29, 1.82) is 0 Å². The van der Waals surface area contributed by atoms with Crippen LogP contribution in [0.1, 0.15) is 30.2 Å². The second-order valence-electron chi connectivity index (χ2n) is 7.12. The number of aryl methyl sites for hydroxylation is 2. The Morgan fingerprint density at radius 3 is 2.53 bits per heavy atom. The molecule has 0 saturated heterocycles. The molecule has 4 N–H and O–H groups in total. The lowest BCUT2D eigenvalue weighted by atomic mass is 9.92. The smallest absolute Gasteiger partial charge is 0.404 e. The van der Waals surface area contributed by atoms with E-state index in [0.717, 1.165) is 51.7 Å². The number of carboxylic acid groups (broad SMARTS) is 1. The molecule has 3 rings (SSSR count). The quantitative estimate of drug-likeness (QED) is 0.525. The number of amides is 2. The monoisotopic (exact) mass is 407 g/mol. The van der Waals surface area contributed by atoms with E-state index in [1.807, 2.05) is 43.3 Å². The number of nitrogens with zero attached hydrogens (tertiary/aromatic N) is 1. The minimum absolute atomic E-state index is 0.142. The number of rotatable bonds is 8. The summed E-state index contributed by atoms with van der Waals surface area (Å²) in [6.07, 6.45) is 0.516. The van der Waals surface area contributed by atoms with E-state index in [1.54, 1.807) is 6.07 Å². The molecule has 30 heavy (non-hydrogen) atoms. The van der Waals surface area contributed by atoms with Crippen LogP contribution in [0.4, 0.5) is 4.79 Å². The first-order valence-electron chi connectivity index (χ1n) is 9.79. The summed E-state index contributed by atoms with van der Waals surface area (Å²) in [6, 6.07) is 13.5. The summed E-state index contributed by atoms with van der Waals surface area (Å²) < 4.78 is 5.49. The van der Waals surface area contributed by atoms with E-state index in [-0.39, 0.29) is 13.2 Å². The average Bonchev–Trinajstić information content (AvgIpc) is 2.71. The van der Waals surface area contributed by atoms with Crippen molar-refractivity contribution in [1.82, 2.24) is 10.3 Å². The van der Waals surface area contributed by atoms with Crippen molar-refractivity contribution in [2.45, 2.75) is 33.2 Å². The molecule has 2 amide bonds. The molecule has 0 saturated carbocycles. The molecule has 0 aliphatic carbocycles. The van der Waals surface area contributed by atoms with E-state index in [9.17, 15) is 14.7 Å². The molecule has 0 bridgehead atoms. The van der Waals surface area contributed by atoms with Crippen LogP contribution >= 0.6 is 0 Å².